The van der Waals surface area contributed by atoms with Gasteiger partial charge in [0.05, 0.1) is 26.4 Å². The second-order valence-electron chi connectivity index (χ2n) is 8.25. The number of hydrogen-bond donors (Lipinski definition) is 12. The zero-order valence-electron chi connectivity index (χ0n) is 21.3. The molecule has 0 saturated heterocycles. The van der Waals surface area contributed by atoms with Gasteiger partial charge in [-0.2, -0.15) is 0 Å². The van der Waals surface area contributed by atoms with Crippen molar-refractivity contribution in [2.45, 2.75) is 48.8 Å². The largest absolute Gasteiger partial charge is 0.479 e. The molecule has 0 fully saturated rings. The fraction of sp³-hybridized carbons (Fsp3) is 0.900. The summed E-state index contributed by atoms with van der Waals surface area (Å²) in [6.07, 6.45) is -15.7. The SMILES string of the molecule is CN(C)CCOCCN(C)C.O=C(O)[C@H](O)[C@@H](O)[C@H](O)[C@H](O)CO.O=C(O)[C@H](O)[C@@H](O)[C@H](O)[C@H](O)CO. The molecular weight excluding hydrogens is 508 g/mol. The molecule has 0 heterocycles. The Balaban J connectivity index is -0.000000471. The topological polar surface area (TPSA) is 293 Å². The first-order chi connectivity index (χ1) is 17.0. The summed E-state index contributed by atoms with van der Waals surface area (Å²) in [5.41, 5.74) is 0. The van der Waals surface area contributed by atoms with Crippen LogP contribution in [0, 0.1) is 0 Å². The second kappa shape index (κ2) is 22.4. The molecule has 0 radical (unpaired) electrons. The summed E-state index contributed by atoms with van der Waals surface area (Å²) in [4.78, 5) is 24.4. The number of aliphatic hydroxyl groups is 10. The Hall–Kier alpha value is -1.58. The maximum absolute atomic E-state index is 10.1. The molecule has 0 bridgehead atoms. The van der Waals surface area contributed by atoms with E-state index in [1.54, 1.807) is 0 Å². The van der Waals surface area contributed by atoms with Crippen molar-refractivity contribution < 1.29 is 75.6 Å². The molecule has 0 aromatic heterocycles. The molecule has 0 unspecified atom stereocenters. The van der Waals surface area contributed by atoms with Crippen LogP contribution >= 0.6 is 0 Å². The van der Waals surface area contributed by atoms with Gasteiger partial charge in [0.2, 0.25) is 0 Å². The van der Waals surface area contributed by atoms with Crippen molar-refractivity contribution in [1.29, 1.82) is 0 Å². The summed E-state index contributed by atoms with van der Waals surface area (Å²) in [5, 5.41) is 104. The van der Waals surface area contributed by atoms with Crippen molar-refractivity contribution in [1.82, 2.24) is 9.80 Å². The number of carbonyl (C=O) groups is 2. The van der Waals surface area contributed by atoms with Gasteiger partial charge in [0.25, 0.3) is 0 Å². The van der Waals surface area contributed by atoms with E-state index in [1.807, 2.05) is 0 Å². The molecule has 0 saturated carbocycles. The Kier molecular flexibility index (Phi) is 24.2. The third-order valence-corrected chi connectivity index (χ3v) is 4.38. The lowest BCUT2D eigenvalue weighted by Gasteiger charge is -2.23. The fourth-order valence-corrected chi connectivity index (χ4v) is 1.93. The van der Waals surface area contributed by atoms with Crippen LogP contribution < -0.4 is 0 Å². The second-order valence-corrected chi connectivity index (χ2v) is 8.25. The highest BCUT2D eigenvalue weighted by atomic mass is 16.5. The van der Waals surface area contributed by atoms with E-state index in [0.29, 0.717) is 0 Å². The van der Waals surface area contributed by atoms with E-state index < -0.39 is 74.0 Å². The number of nitrogens with zero attached hydrogens (tertiary/aromatic N) is 2. The number of carboxylic acids is 2. The fourth-order valence-electron chi connectivity index (χ4n) is 1.93. The van der Waals surface area contributed by atoms with Gasteiger partial charge in [-0.25, -0.2) is 9.59 Å². The third-order valence-electron chi connectivity index (χ3n) is 4.38. The molecule has 0 aromatic carbocycles. The van der Waals surface area contributed by atoms with Crippen LogP contribution in [0.1, 0.15) is 0 Å². The Bertz CT molecular complexity index is 536. The summed E-state index contributed by atoms with van der Waals surface area (Å²) in [5.74, 6) is -3.45. The minimum absolute atomic E-state index is 0.834. The van der Waals surface area contributed by atoms with E-state index in [1.165, 1.54) is 0 Å². The maximum atomic E-state index is 10.1. The van der Waals surface area contributed by atoms with Crippen LogP contribution in [0.3, 0.4) is 0 Å². The molecule has 224 valence electrons. The van der Waals surface area contributed by atoms with E-state index in [9.17, 15) is 9.59 Å². The molecule has 8 atom stereocenters. The predicted molar refractivity (Wildman–Crippen MR) is 125 cm³/mol. The van der Waals surface area contributed by atoms with E-state index in [0.717, 1.165) is 26.3 Å². The smallest absolute Gasteiger partial charge is 0.335 e. The number of hydrogen-bond acceptors (Lipinski definition) is 15. The lowest BCUT2D eigenvalue weighted by molar-refractivity contribution is -0.164. The number of aliphatic carboxylic acids is 2. The summed E-state index contributed by atoms with van der Waals surface area (Å²) in [7, 11) is 8.20. The summed E-state index contributed by atoms with van der Waals surface area (Å²) >= 11 is 0. The van der Waals surface area contributed by atoms with Crippen molar-refractivity contribution in [3.8, 4) is 0 Å². The van der Waals surface area contributed by atoms with Crippen LogP contribution in [0.4, 0.5) is 0 Å². The maximum Gasteiger partial charge on any atom is 0.335 e. The molecule has 0 aliphatic carbocycles. The van der Waals surface area contributed by atoms with Crippen LogP contribution in [0.5, 0.6) is 0 Å². The Morgan fingerprint density at radius 1 is 0.595 bits per heavy atom. The zero-order chi connectivity index (χ0) is 29.9. The van der Waals surface area contributed by atoms with E-state index in [-0.39, 0.29) is 0 Å². The zero-order valence-corrected chi connectivity index (χ0v) is 21.3. The Labute approximate surface area is 214 Å². The molecule has 0 aliphatic heterocycles. The monoisotopic (exact) mass is 552 g/mol. The summed E-state index contributed by atoms with van der Waals surface area (Å²) in [6, 6.07) is 0. The third kappa shape index (κ3) is 20.1. The molecule has 0 spiro atoms. The number of aliphatic hydroxyl groups excluding tert-OH is 10. The molecule has 0 rings (SSSR count). The van der Waals surface area contributed by atoms with Gasteiger partial charge >= 0.3 is 11.9 Å². The minimum Gasteiger partial charge on any atom is -0.479 e. The summed E-state index contributed by atoms with van der Waals surface area (Å²) < 4.78 is 5.37. The van der Waals surface area contributed by atoms with E-state index >= 15 is 0 Å². The first-order valence-electron chi connectivity index (χ1n) is 10.9. The van der Waals surface area contributed by atoms with Crippen LogP contribution in [0.2, 0.25) is 0 Å². The molecule has 12 N–H and O–H groups in total. The lowest BCUT2D eigenvalue weighted by atomic mass is 10.0. The minimum atomic E-state index is -2.20. The van der Waals surface area contributed by atoms with Crippen LogP contribution in [-0.4, -0.2) is 200 Å². The number of ether oxygens (including phenoxy) is 1. The van der Waals surface area contributed by atoms with Crippen LogP contribution in [0.15, 0.2) is 0 Å². The first kappa shape index (κ1) is 39.9. The van der Waals surface area contributed by atoms with E-state index in [2.05, 4.69) is 38.0 Å². The van der Waals surface area contributed by atoms with Crippen molar-refractivity contribution in [2.75, 3.05) is 67.7 Å². The molecule has 17 heteroatoms. The molecule has 17 nitrogen and oxygen atoms in total. The average Bonchev–Trinajstić information content (AvgIpc) is 2.84. The lowest BCUT2D eigenvalue weighted by Crippen LogP contribution is -2.48. The van der Waals surface area contributed by atoms with E-state index in [4.69, 9.17) is 66.0 Å². The molecule has 37 heavy (non-hydrogen) atoms. The molecule has 0 amide bonds. The number of carboxylic acid groups (broad SMARTS) is 2. The normalized spacial score (nSPS) is 17.7. The summed E-state index contributed by atoms with van der Waals surface area (Å²) in [6.45, 7) is 2.00. The van der Waals surface area contributed by atoms with Crippen LogP contribution in [0.25, 0.3) is 0 Å². The van der Waals surface area contributed by atoms with Gasteiger partial charge in [0.1, 0.15) is 36.6 Å². The van der Waals surface area contributed by atoms with Gasteiger partial charge < -0.3 is 75.8 Å². The quantitative estimate of drug-likeness (QED) is 0.0792. The Morgan fingerprint density at radius 3 is 1.05 bits per heavy atom. The van der Waals surface area contributed by atoms with Gasteiger partial charge in [-0.15, -0.1) is 0 Å². The van der Waals surface area contributed by atoms with Gasteiger partial charge in [-0.1, -0.05) is 0 Å². The van der Waals surface area contributed by atoms with Gasteiger partial charge in [0.15, 0.2) is 12.2 Å². The van der Waals surface area contributed by atoms with Crippen LogP contribution in [-0.2, 0) is 14.3 Å². The van der Waals surface area contributed by atoms with Gasteiger partial charge in [-0.3, -0.25) is 0 Å². The standard InChI is InChI=1S/C8H20N2O.2C6H12O7/c1-9(2)5-7-11-8-6-10(3)4;2*7-1-2(8)3(9)4(10)5(11)6(12)13/h5-8H2,1-4H3;2*2-5,7-11H,1H2,(H,12,13)/t;2*2-,3-,4+,5-/m.11/s1. The number of rotatable bonds is 16. The van der Waals surface area contributed by atoms with Crippen molar-refractivity contribution in [3.05, 3.63) is 0 Å². The van der Waals surface area contributed by atoms with Crippen molar-refractivity contribution in [3.63, 3.8) is 0 Å². The van der Waals surface area contributed by atoms with Crippen molar-refractivity contribution in [2.24, 2.45) is 0 Å². The Morgan fingerprint density at radius 2 is 0.865 bits per heavy atom. The number of likely N-dealkylation sites (N-methyl/N-ethyl adjacent to an activating group) is 2. The first-order valence-corrected chi connectivity index (χ1v) is 10.9. The molecule has 0 aromatic rings. The predicted octanol–water partition coefficient (Wildman–Crippen LogP) is -6.86. The highest BCUT2D eigenvalue weighted by Gasteiger charge is 2.34. The van der Waals surface area contributed by atoms with Crippen molar-refractivity contribution >= 4 is 11.9 Å². The molecular formula is C20H44N2O15. The highest BCUT2D eigenvalue weighted by Crippen LogP contribution is 2.05. The highest BCUT2D eigenvalue weighted by molar-refractivity contribution is 5.73. The molecule has 0 aliphatic rings. The average molecular weight is 553 g/mol. The van der Waals surface area contributed by atoms with Gasteiger partial charge in [-0.05, 0) is 28.2 Å². The van der Waals surface area contributed by atoms with Gasteiger partial charge in [0, 0.05) is 13.1 Å².